The zero-order valence-corrected chi connectivity index (χ0v) is 14.0. The van der Waals surface area contributed by atoms with Gasteiger partial charge in [0.2, 0.25) is 0 Å². The van der Waals surface area contributed by atoms with Gasteiger partial charge in [-0.1, -0.05) is 18.2 Å². The fraction of sp³-hybridized carbons (Fsp3) is 0.278. The molecule has 2 aromatic rings. The van der Waals surface area contributed by atoms with Crippen molar-refractivity contribution in [3.8, 4) is 6.07 Å². The first-order valence-electron chi connectivity index (χ1n) is 7.32. The Balaban J connectivity index is 2.05. The number of methoxy groups -OCH3 is 1. The van der Waals surface area contributed by atoms with Gasteiger partial charge in [0.25, 0.3) is 0 Å². The number of thioether (sulfide) groups is 1. The van der Waals surface area contributed by atoms with E-state index in [-0.39, 0.29) is 11.6 Å². The summed E-state index contributed by atoms with van der Waals surface area (Å²) in [7, 11) is 1.69. The summed E-state index contributed by atoms with van der Waals surface area (Å²) in [6, 6.07) is 14.7. The molecule has 0 fully saturated rings. The van der Waals surface area contributed by atoms with Crippen LogP contribution in [-0.4, -0.2) is 19.5 Å². The first-order valence-corrected chi connectivity index (χ1v) is 8.31. The fourth-order valence-corrected chi connectivity index (χ4v) is 2.98. The van der Waals surface area contributed by atoms with Crippen LogP contribution in [0, 0.1) is 17.1 Å². The highest BCUT2D eigenvalue weighted by molar-refractivity contribution is 7.99. The molecule has 3 nitrogen and oxygen atoms in total. The molecular weight excluding hydrogens is 311 g/mol. The van der Waals surface area contributed by atoms with Gasteiger partial charge < -0.3 is 10.1 Å². The van der Waals surface area contributed by atoms with Crippen LogP contribution in [0.3, 0.4) is 0 Å². The van der Waals surface area contributed by atoms with Gasteiger partial charge in [-0.15, -0.1) is 11.8 Å². The largest absolute Gasteiger partial charge is 0.384 e. The molecule has 1 N–H and O–H groups in total. The van der Waals surface area contributed by atoms with Gasteiger partial charge >= 0.3 is 0 Å². The molecule has 0 bridgehead atoms. The van der Waals surface area contributed by atoms with Crippen molar-refractivity contribution in [1.29, 1.82) is 5.26 Å². The van der Waals surface area contributed by atoms with Crippen molar-refractivity contribution in [3.05, 3.63) is 59.4 Å². The Morgan fingerprint density at radius 1 is 1.26 bits per heavy atom. The summed E-state index contributed by atoms with van der Waals surface area (Å²) in [6.45, 7) is 2.71. The molecule has 1 unspecified atom stereocenters. The minimum atomic E-state index is -0.505. The van der Waals surface area contributed by atoms with E-state index in [2.05, 4.69) is 17.4 Å². The van der Waals surface area contributed by atoms with Crippen LogP contribution in [0.4, 0.5) is 10.1 Å². The van der Waals surface area contributed by atoms with E-state index in [1.807, 2.05) is 25.1 Å². The van der Waals surface area contributed by atoms with E-state index in [0.29, 0.717) is 5.69 Å². The maximum atomic E-state index is 13.6. The normalized spacial score (nSPS) is 11.7. The minimum absolute atomic E-state index is 0.0260. The highest BCUT2D eigenvalue weighted by atomic mass is 32.2. The molecule has 0 radical (unpaired) electrons. The predicted octanol–water partition coefficient (Wildman–Crippen LogP) is 4.61. The Bertz CT molecular complexity index is 682. The van der Waals surface area contributed by atoms with Crippen LogP contribution in [-0.2, 0) is 4.74 Å². The summed E-state index contributed by atoms with van der Waals surface area (Å²) in [6.07, 6.45) is 0. The van der Waals surface area contributed by atoms with Crippen LogP contribution < -0.4 is 5.32 Å². The molecule has 0 saturated heterocycles. The van der Waals surface area contributed by atoms with Crippen LogP contribution in [0.5, 0.6) is 0 Å². The smallest absolute Gasteiger partial charge is 0.143 e. The van der Waals surface area contributed by atoms with E-state index in [9.17, 15) is 4.39 Å². The van der Waals surface area contributed by atoms with Crippen molar-refractivity contribution < 1.29 is 9.13 Å². The van der Waals surface area contributed by atoms with Crippen LogP contribution >= 0.6 is 11.8 Å². The van der Waals surface area contributed by atoms with Gasteiger partial charge in [-0.3, -0.25) is 0 Å². The summed E-state index contributed by atoms with van der Waals surface area (Å²) in [5.41, 5.74) is 1.64. The zero-order chi connectivity index (χ0) is 16.7. The third-order valence-electron chi connectivity index (χ3n) is 3.43. The number of ether oxygens (including phenoxy) is 1. The molecule has 0 saturated carbocycles. The lowest BCUT2D eigenvalue weighted by Gasteiger charge is -2.17. The zero-order valence-electron chi connectivity index (χ0n) is 13.2. The minimum Gasteiger partial charge on any atom is -0.384 e. The van der Waals surface area contributed by atoms with E-state index in [0.717, 1.165) is 17.9 Å². The van der Waals surface area contributed by atoms with E-state index in [1.54, 1.807) is 31.0 Å². The van der Waals surface area contributed by atoms with Crippen LogP contribution in [0.1, 0.15) is 24.1 Å². The van der Waals surface area contributed by atoms with Gasteiger partial charge in [-0.2, -0.15) is 5.26 Å². The van der Waals surface area contributed by atoms with E-state index in [4.69, 9.17) is 10.00 Å². The lowest BCUT2D eigenvalue weighted by atomic mass is 10.1. The maximum Gasteiger partial charge on any atom is 0.143 e. The summed E-state index contributed by atoms with van der Waals surface area (Å²) in [5, 5.41) is 12.3. The lowest BCUT2D eigenvalue weighted by Crippen LogP contribution is -2.08. The first-order chi connectivity index (χ1) is 11.2. The molecule has 0 spiro atoms. The number of benzene rings is 2. The van der Waals surface area contributed by atoms with Crippen LogP contribution in [0.15, 0.2) is 47.4 Å². The number of nitrogens with one attached hydrogen (secondary N) is 1. The van der Waals surface area contributed by atoms with Gasteiger partial charge in [0, 0.05) is 23.8 Å². The Morgan fingerprint density at radius 3 is 2.65 bits per heavy atom. The fourth-order valence-electron chi connectivity index (χ4n) is 2.17. The number of nitriles is 1. The quantitative estimate of drug-likeness (QED) is 0.595. The van der Waals surface area contributed by atoms with Crippen LogP contribution in [0.2, 0.25) is 0 Å². The standard InChI is InChI=1S/C18H19FN2OS/c1-13(21-18-5-3-4-17(19)16(18)12-20)14-6-8-15(9-7-14)23-11-10-22-2/h3-9,13,21H,10-11H2,1-2H3. The topological polar surface area (TPSA) is 45.0 Å². The molecule has 0 heterocycles. The number of rotatable bonds is 7. The highest BCUT2D eigenvalue weighted by Gasteiger charge is 2.11. The molecule has 23 heavy (non-hydrogen) atoms. The SMILES string of the molecule is COCCSc1ccc(C(C)Nc2cccc(F)c2C#N)cc1. The van der Waals surface area contributed by atoms with Crippen molar-refractivity contribution in [1.82, 2.24) is 0 Å². The molecular formula is C18H19FN2OS. The van der Waals surface area contributed by atoms with Gasteiger partial charge in [0.05, 0.1) is 12.3 Å². The predicted molar refractivity (Wildman–Crippen MR) is 92.2 cm³/mol. The average Bonchev–Trinajstić information content (AvgIpc) is 2.56. The molecule has 2 rings (SSSR count). The Kier molecular flexibility index (Phi) is 6.45. The van der Waals surface area contributed by atoms with Crippen molar-refractivity contribution in [2.24, 2.45) is 0 Å². The van der Waals surface area contributed by atoms with Crippen molar-refractivity contribution in [3.63, 3.8) is 0 Å². The monoisotopic (exact) mass is 330 g/mol. The molecule has 2 aromatic carbocycles. The summed E-state index contributed by atoms with van der Waals surface area (Å²) in [5.74, 6) is 0.410. The highest BCUT2D eigenvalue weighted by Crippen LogP contribution is 2.25. The number of nitrogens with zero attached hydrogens (tertiary/aromatic N) is 1. The lowest BCUT2D eigenvalue weighted by molar-refractivity contribution is 0.218. The molecule has 0 amide bonds. The summed E-state index contributed by atoms with van der Waals surface area (Å²) in [4.78, 5) is 1.18. The molecule has 120 valence electrons. The Labute approximate surface area is 140 Å². The molecule has 0 aliphatic rings. The van der Waals surface area contributed by atoms with E-state index in [1.165, 1.54) is 11.0 Å². The van der Waals surface area contributed by atoms with Gasteiger partial charge in [-0.05, 0) is 36.8 Å². The Morgan fingerprint density at radius 2 is 2.00 bits per heavy atom. The van der Waals surface area contributed by atoms with Crippen LogP contribution in [0.25, 0.3) is 0 Å². The molecule has 5 heteroatoms. The average molecular weight is 330 g/mol. The summed E-state index contributed by atoms with van der Waals surface area (Å²) < 4.78 is 18.7. The van der Waals surface area contributed by atoms with E-state index < -0.39 is 5.82 Å². The molecule has 0 aromatic heterocycles. The summed E-state index contributed by atoms with van der Waals surface area (Å²) >= 11 is 1.74. The van der Waals surface area contributed by atoms with Crippen molar-refractivity contribution in [2.45, 2.75) is 17.9 Å². The second kappa shape index (κ2) is 8.56. The Hall–Kier alpha value is -2.03. The second-order valence-corrected chi connectivity index (χ2v) is 6.22. The van der Waals surface area contributed by atoms with Gasteiger partial charge in [-0.25, -0.2) is 4.39 Å². The molecule has 0 aliphatic carbocycles. The van der Waals surface area contributed by atoms with Gasteiger partial charge in [0.1, 0.15) is 17.4 Å². The van der Waals surface area contributed by atoms with Crippen molar-refractivity contribution >= 4 is 17.4 Å². The number of halogens is 1. The van der Waals surface area contributed by atoms with Gasteiger partial charge in [0.15, 0.2) is 0 Å². The number of anilines is 1. The number of hydrogen-bond donors (Lipinski definition) is 1. The second-order valence-electron chi connectivity index (χ2n) is 5.05. The molecule has 0 aliphatic heterocycles. The number of hydrogen-bond acceptors (Lipinski definition) is 4. The maximum absolute atomic E-state index is 13.6. The third kappa shape index (κ3) is 4.72. The van der Waals surface area contributed by atoms with E-state index >= 15 is 0 Å². The van der Waals surface area contributed by atoms with Crippen molar-refractivity contribution in [2.75, 3.05) is 24.8 Å². The molecule has 1 atom stereocenters. The third-order valence-corrected chi connectivity index (χ3v) is 4.41. The first kappa shape index (κ1) is 17.3.